The van der Waals surface area contributed by atoms with Gasteiger partial charge in [-0.05, 0) is 13.8 Å². The molecule has 6 nitrogen and oxygen atoms in total. The SMILES string of the molecule is CC(=O)O[C@H]1[C@H](C)O[C@H](C)N2OC(=O)C[C@H]12. The first-order valence-electron chi connectivity index (χ1n) is 5.31. The summed E-state index contributed by atoms with van der Waals surface area (Å²) in [6.07, 6.45) is -0.774. The number of carbonyl (C=O) groups excluding carboxylic acids is 2. The molecule has 0 amide bonds. The Labute approximate surface area is 93.4 Å². The van der Waals surface area contributed by atoms with E-state index in [1.54, 1.807) is 6.92 Å². The maximum atomic E-state index is 11.2. The third-order valence-corrected chi connectivity index (χ3v) is 2.82. The number of ether oxygens (including phenoxy) is 2. The lowest BCUT2D eigenvalue weighted by molar-refractivity contribution is -0.292. The molecule has 0 saturated carbocycles. The molecule has 0 unspecified atom stereocenters. The molecule has 0 aliphatic carbocycles. The second-order valence-corrected chi connectivity index (χ2v) is 4.11. The number of esters is 1. The van der Waals surface area contributed by atoms with Crippen LogP contribution in [0.25, 0.3) is 0 Å². The molecule has 2 fully saturated rings. The Morgan fingerprint density at radius 3 is 2.81 bits per heavy atom. The zero-order valence-electron chi connectivity index (χ0n) is 9.50. The van der Waals surface area contributed by atoms with Gasteiger partial charge in [0.2, 0.25) is 0 Å². The van der Waals surface area contributed by atoms with Crippen molar-refractivity contribution in [2.45, 2.75) is 51.7 Å². The zero-order valence-corrected chi connectivity index (χ0v) is 9.50. The normalized spacial score (nSPS) is 39.1. The number of hydroxylamine groups is 2. The summed E-state index contributed by atoms with van der Waals surface area (Å²) in [5.74, 6) is -0.694. The molecule has 4 atom stereocenters. The third kappa shape index (κ3) is 1.90. The lowest BCUT2D eigenvalue weighted by atomic mass is 10.0. The summed E-state index contributed by atoms with van der Waals surface area (Å²) in [6, 6.07) is -0.241. The molecule has 0 N–H and O–H groups in total. The summed E-state index contributed by atoms with van der Waals surface area (Å²) in [7, 11) is 0. The van der Waals surface area contributed by atoms with Crippen LogP contribution in [0.3, 0.4) is 0 Å². The van der Waals surface area contributed by atoms with Gasteiger partial charge in [0.15, 0.2) is 0 Å². The zero-order chi connectivity index (χ0) is 11.9. The predicted octanol–water partition coefficient (Wildman–Crippen LogP) is 0.215. The Morgan fingerprint density at radius 2 is 2.19 bits per heavy atom. The topological polar surface area (TPSA) is 65.1 Å². The van der Waals surface area contributed by atoms with Gasteiger partial charge in [0, 0.05) is 6.92 Å². The van der Waals surface area contributed by atoms with E-state index in [1.807, 2.05) is 6.92 Å². The van der Waals surface area contributed by atoms with Crippen molar-refractivity contribution in [1.82, 2.24) is 5.06 Å². The lowest BCUT2D eigenvalue weighted by Gasteiger charge is -2.40. The van der Waals surface area contributed by atoms with Crippen LogP contribution in [-0.4, -0.2) is 41.5 Å². The molecule has 2 rings (SSSR count). The van der Waals surface area contributed by atoms with Crippen LogP contribution >= 0.6 is 0 Å². The number of carbonyl (C=O) groups is 2. The molecule has 6 heteroatoms. The maximum absolute atomic E-state index is 11.2. The molecular weight excluding hydrogens is 214 g/mol. The molecule has 0 radical (unpaired) electrons. The fourth-order valence-corrected chi connectivity index (χ4v) is 2.21. The van der Waals surface area contributed by atoms with Gasteiger partial charge in [0.25, 0.3) is 0 Å². The first kappa shape index (κ1) is 11.3. The van der Waals surface area contributed by atoms with Crippen molar-refractivity contribution in [2.75, 3.05) is 0 Å². The minimum absolute atomic E-state index is 0.232. The molecule has 90 valence electrons. The number of fused-ring (bicyclic) bond motifs is 1. The van der Waals surface area contributed by atoms with Crippen LogP contribution in [-0.2, 0) is 23.9 Å². The molecule has 0 spiro atoms. The third-order valence-electron chi connectivity index (χ3n) is 2.82. The summed E-state index contributed by atoms with van der Waals surface area (Å²) >= 11 is 0. The average molecular weight is 229 g/mol. The van der Waals surface area contributed by atoms with Crippen molar-refractivity contribution in [2.24, 2.45) is 0 Å². The van der Waals surface area contributed by atoms with Gasteiger partial charge in [-0.3, -0.25) is 9.59 Å². The van der Waals surface area contributed by atoms with Gasteiger partial charge in [-0.1, -0.05) is 0 Å². The Kier molecular flexibility index (Phi) is 2.86. The van der Waals surface area contributed by atoms with E-state index in [-0.39, 0.29) is 36.7 Å². The van der Waals surface area contributed by atoms with Gasteiger partial charge >= 0.3 is 11.9 Å². The summed E-state index contributed by atoms with van der Waals surface area (Å²) in [5.41, 5.74) is 0. The first-order chi connectivity index (χ1) is 7.49. The van der Waals surface area contributed by atoms with Crippen LogP contribution in [0.1, 0.15) is 27.2 Å². The summed E-state index contributed by atoms with van der Waals surface area (Å²) < 4.78 is 10.7. The van der Waals surface area contributed by atoms with Crippen LogP contribution in [0.2, 0.25) is 0 Å². The van der Waals surface area contributed by atoms with E-state index in [0.717, 1.165) is 0 Å². The van der Waals surface area contributed by atoms with Crippen molar-refractivity contribution in [1.29, 1.82) is 0 Å². The molecule has 2 heterocycles. The monoisotopic (exact) mass is 229 g/mol. The van der Waals surface area contributed by atoms with E-state index in [1.165, 1.54) is 12.0 Å². The lowest BCUT2D eigenvalue weighted by Crippen LogP contribution is -2.57. The number of nitrogens with zero attached hydrogens (tertiary/aromatic N) is 1. The Morgan fingerprint density at radius 1 is 1.50 bits per heavy atom. The van der Waals surface area contributed by atoms with Crippen LogP contribution in [0.4, 0.5) is 0 Å². The molecule has 2 aliphatic heterocycles. The van der Waals surface area contributed by atoms with E-state index < -0.39 is 6.10 Å². The average Bonchev–Trinajstić information content (AvgIpc) is 2.54. The Bertz CT molecular complexity index is 318. The Balaban J connectivity index is 2.17. The predicted molar refractivity (Wildman–Crippen MR) is 51.9 cm³/mol. The van der Waals surface area contributed by atoms with Gasteiger partial charge in [-0.25, -0.2) is 0 Å². The van der Waals surface area contributed by atoms with Gasteiger partial charge in [-0.2, -0.15) is 0 Å². The molecule has 0 aromatic rings. The van der Waals surface area contributed by atoms with E-state index in [9.17, 15) is 9.59 Å². The Hall–Kier alpha value is -1.14. The molecule has 2 saturated heterocycles. The van der Waals surface area contributed by atoms with Crippen LogP contribution in [0.15, 0.2) is 0 Å². The maximum Gasteiger partial charge on any atom is 0.327 e. The van der Waals surface area contributed by atoms with Crippen molar-refractivity contribution in [3.05, 3.63) is 0 Å². The number of hydrogen-bond acceptors (Lipinski definition) is 6. The highest BCUT2D eigenvalue weighted by atomic mass is 16.8. The number of hydrogen-bond donors (Lipinski definition) is 0. The highest BCUT2D eigenvalue weighted by Gasteiger charge is 2.49. The smallest absolute Gasteiger partial charge is 0.327 e. The second-order valence-electron chi connectivity index (χ2n) is 4.11. The molecule has 0 aromatic carbocycles. The summed E-state index contributed by atoms with van der Waals surface area (Å²) in [4.78, 5) is 27.2. The van der Waals surface area contributed by atoms with E-state index >= 15 is 0 Å². The molecule has 16 heavy (non-hydrogen) atoms. The molecule has 0 aromatic heterocycles. The highest BCUT2D eigenvalue weighted by Crippen LogP contribution is 2.31. The van der Waals surface area contributed by atoms with Gasteiger partial charge in [-0.15, -0.1) is 5.06 Å². The fraction of sp³-hybridized carbons (Fsp3) is 0.800. The number of rotatable bonds is 1. The van der Waals surface area contributed by atoms with Gasteiger partial charge in [0.1, 0.15) is 12.3 Å². The highest BCUT2D eigenvalue weighted by molar-refractivity contribution is 5.72. The van der Waals surface area contributed by atoms with Crippen LogP contribution in [0, 0.1) is 0 Å². The second kappa shape index (κ2) is 4.03. The minimum Gasteiger partial charge on any atom is -0.458 e. The van der Waals surface area contributed by atoms with E-state index in [2.05, 4.69) is 0 Å². The van der Waals surface area contributed by atoms with Crippen molar-refractivity contribution < 1.29 is 23.9 Å². The van der Waals surface area contributed by atoms with Crippen molar-refractivity contribution >= 4 is 11.9 Å². The summed E-state index contributed by atoms with van der Waals surface area (Å²) in [5, 5.41) is 1.47. The first-order valence-corrected chi connectivity index (χ1v) is 5.31. The summed E-state index contributed by atoms with van der Waals surface area (Å²) in [6.45, 7) is 4.96. The van der Waals surface area contributed by atoms with Crippen molar-refractivity contribution in [3.63, 3.8) is 0 Å². The van der Waals surface area contributed by atoms with E-state index in [0.29, 0.717) is 0 Å². The standard InChI is InChI=1S/C10H15NO5/c1-5-10(15-7(3)12)8-4-9(13)16-11(8)6(2)14-5/h5-6,8,10H,4H2,1-3H3/t5-,6+,8+,10-/m0/s1. The quantitative estimate of drug-likeness (QED) is 0.599. The van der Waals surface area contributed by atoms with Gasteiger partial charge in [0.05, 0.1) is 18.6 Å². The fourth-order valence-electron chi connectivity index (χ4n) is 2.21. The van der Waals surface area contributed by atoms with Crippen molar-refractivity contribution in [3.8, 4) is 0 Å². The molecular formula is C10H15NO5. The largest absolute Gasteiger partial charge is 0.458 e. The minimum atomic E-state index is -0.458. The molecule has 2 aliphatic rings. The van der Waals surface area contributed by atoms with Gasteiger partial charge < -0.3 is 14.3 Å². The van der Waals surface area contributed by atoms with Crippen LogP contribution in [0.5, 0.6) is 0 Å². The van der Waals surface area contributed by atoms with Crippen LogP contribution < -0.4 is 0 Å². The van der Waals surface area contributed by atoms with E-state index in [4.69, 9.17) is 14.3 Å². The molecule has 0 bridgehead atoms.